The Balaban J connectivity index is 1.19. The van der Waals surface area contributed by atoms with E-state index in [4.69, 9.17) is 4.42 Å². The Morgan fingerprint density at radius 3 is 1.47 bits per heavy atom. The molecule has 1 heteroatoms. The Morgan fingerprint density at radius 2 is 0.735 bits per heavy atom. The van der Waals surface area contributed by atoms with Crippen molar-refractivity contribution in [1.82, 2.24) is 0 Å². The Kier molecular flexibility index (Phi) is 6.25. The molecule has 1 nitrogen and oxygen atoms in total. The number of hydrogen-bond acceptors (Lipinski definition) is 1. The van der Waals surface area contributed by atoms with Gasteiger partial charge < -0.3 is 4.42 Å². The molecule has 10 rings (SSSR count). The first-order chi connectivity index (χ1) is 24.3. The molecule has 9 aromatic carbocycles. The fraction of sp³-hybridized carbons (Fsp3) is 0. The molecule has 0 radical (unpaired) electrons. The van der Waals surface area contributed by atoms with Gasteiger partial charge in [-0.25, -0.2) is 0 Å². The Bertz CT molecular complexity index is 2810. The first kappa shape index (κ1) is 27.7. The number of furan rings is 1. The number of rotatable bonds is 4. The van der Waals surface area contributed by atoms with Gasteiger partial charge in [0.15, 0.2) is 0 Å². The van der Waals surface area contributed by atoms with E-state index < -0.39 is 0 Å². The van der Waals surface area contributed by atoms with Crippen molar-refractivity contribution in [3.8, 4) is 44.5 Å². The summed E-state index contributed by atoms with van der Waals surface area (Å²) in [6, 6.07) is 65.8. The van der Waals surface area contributed by atoms with E-state index in [-0.39, 0.29) is 0 Å². The number of para-hydroxylation sites is 2. The van der Waals surface area contributed by atoms with Crippen molar-refractivity contribution >= 4 is 54.3 Å². The Labute approximate surface area is 284 Å². The third-order valence-corrected chi connectivity index (χ3v) is 10.1. The summed E-state index contributed by atoms with van der Waals surface area (Å²) in [5.74, 6) is 0. The van der Waals surface area contributed by atoms with E-state index in [1.54, 1.807) is 0 Å². The molecular weight excluding hydrogens is 593 g/mol. The highest BCUT2D eigenvalue weighted by molar-refractivity contribution is 6.23. The summed E-state index contributed by atoms with van der Waals surface area (Å²) in [5.41, 5.74) is 11.6. The van der Waals surface area contributed by atoms with E-state index in [2.05, 4.69) is 170 Å². The third-order valence-electron chi connectivity index (χ3n) is 10.1. The van der Waals surface area contributed by atoms with Crippen molar-refractivity contribution in [1.29, 1.82) is 0 Å². The molecule has 228 valence electrons. The van der Waals surface area contributed by atoms with E-state index in [0.717, 1.165) is 33.1 Å². The average Bonchev–Trinajstić information content (AvgIpc) is 3.56. The summed E-state index contributed by atoms with van der Waals surface area (Å²) in [7, 11) is 0. The third kappa shape index (κ3) is 4.33. The van der Waals surface area contributed by atoms with Crippen molar-refractivity contribution < 1.29 is 4.42 Å². The van der Waals surface area contributed by atoms with Gasteiger partial charge in [-0.15, -0.1) is 0 Å². The highest BCUT2D eigenvalue weighted by Crippen LogP contribution is 2.47. The maximum Gasteiger partial charge on any atom is 0.143 e. The standard InChI is InChI=1S/C48H30O/c1-2-15-34-31(13-1)14-11-24-36(34)37-16-3-4-18-39(37)47-42-21-7-5-19-40(42)46(41-20-6-8-22-43(41)47)33-29-27-32(28-30-33)35-23-12-25-44-38-17-9-10-26-45(38)49-48(35)44/h1-30H. The minimum Gasteiger partial charge on any atom is -0.455 e. The van der Waals surface area contributed by atoms with E-state index in [1.165, 1.54) is 65.7 Å². The second kappa shape index (κ2) is 11.1. The second-order valence-electron chi connectivity index (χ2n) is 12.8. The first-order valence-electron chi connectivity index (χ1n) is 16.9. The molecule has 0 unspecified atom stereocenters. The largest absolute Gasteiger partial charge is 0.455 e. The van der Waals surface area contributed by atoms with Gasteiger partial charge in [0.05, 0.1) is 0 Å². The van der Waals surface area contributed by atoms with Crippen LogP contribution < -0.4 is 0 Å². The van der Waals surface area contributed by atoms with E-state index in [1.807, 2.05) is 12.1 Å². The first-order valence-corrected chi connectivity index (χ1v) is 16.9. The molecule has 1 aromatic heterocycles. The monoisotopic (exact) mass is 622 g/mol. The average molecular weight is 623 g/mol. The van der Waals surface area contributed by atoms with Crippen molar-refractivity contribution in [2.24, 2.45) is 0 Å². The molecule has 0 aliphatic heterocycles. The molecule has 0 atom stereocenters. The van der Waals surface area contributed by atoms with E-state index >= 15 is 0 Å². The SMILES string of the molecule is c1ccc(-c2c3ccccc3c(-c3ccc(-c4cccc5c4oc4ccccc45)cc3)c3ccccc23)c(-c2cccc3ccccc23)c1. The molecule has 49 heavy (non-hydrogen) atoms. The van der Waals surface area contributed by atoms with Crippen LogP contribution in [0.1, 0.15) is 0 Å². The fourth-order valence-corrected chi connectivity index (χ4v) is 7.92. The smallest absolute Gasteiger partial charge is 0.143 e. The summed E-state index contributed by atoms with van der Waals surface area (Å²) >= 11 is 0. The lowest BCUT2D eigenvalue weighted by molar-refractivity contribution is 0.670. The maximum absolute atomic E-state index is 6.39. The van der Waals surface area contributed by atoms with Crippen LogP contribution in [0.4, 0.5) is 0 Å². The molecule has 0 aliphatic carbocycles. The van der Waals surface area contributed by atoms with Gasteiger partial charge in [-0.05, 0) is 77.3 Å². The van der Waals surface area contributed by atoms with Crippen LogP contribution >= 0.6 is 0 Å². The normalized spacial score (nSPS) is 11.7. The van der Waals surface area contributed by atoms with Gasteiger partial charge in [-0.3, -0.25) is 0 Å². The van der Waals surface area contributed by atoms with Crippen LogP contribution in [0.5, 0.6) is 0 Å². The zero-order valence-corrected chi connectivity index (χ0v) is 26.7. The Hall–Kier alpha value is -6.44. The summed E-state index contributed by atoms with van der Waals surface area (Å²) < 4.78 is 6.39. The topological polar surface area (TPSA) is 13.1 Å². The summed E-state index contributed by atoms with van der Waals surface area (Å²) in [4.78, 5) is 0. The van der Waals surface area contributed by atoms with Crippen molar-refractivity contribution in [3.63, 3.8) is 0 Å². The summed E-state index contributed by atoms with van der Waals surface area (Å²) in [6.07, 6.45) is 0. The molecule has 0 spiro atoms. The predicted octanol–water partition coefficient (Wildman–Crippen LogP) is 13.7. The van der Waals surface area contributed by atoms with Gasteiger partial charge in [0.25, 0.3) is 0 Å². The number of benzene rings is 9. The molecule has 10 aromatic rings. The lowest BCUT2D eigenvalue weighted by Gasteiger charge is -2.20. The highest BCUT2D eigenvalue weighted by Gasteiger charge is 2.20. The molecule has 0 saturated carbocycles. The lowest BCUT2D eigenvalue weighted by Crippen LogP contribution is -1.93. The molecule has 1 heterocycles. The maximum atomic E-state index is 6.39. The van der Waals surface area contributed by atoms with E-state index in [9.17, 15) is 0 Å². The minimum absolute atomic E-state index is 0.918. The predicted molar refractivity (Wildman–Crippen MR) is 208 cm³/mol. The second-order valence-corrected chi connectivity index (χ2v) is 12.8. The molecular formula is C48H30O. The summed E-state index contributed by atoms with van der Waals surface area (Å²) in [5, 5.41) is 9.80. The minimum atomic E-state index is 0.918. The van der Waals surface area contributed by atoms with Gasteiger partial charge in [-0.1, -0.05) is 176 Å². The number of hydrogen-bond donors (Lipinski definition) is 0. The van der Waals surface area contributed by atoms with Gasteiger partial charge in [0, 0.05) is 16.3 Å². The van der Waals surface area contributed by atoms with Gasteiger partial charge >= 0.3 is 0 Å². The summed E-state index contributed by atoms with van der Waals surface area (Å²) in [6.45, 7) is 0. The highest BCUT2D eigenvalue weighted by atomic mass is 16.3. The van der Waals surface area contributed by atoms with Crippen LogP contribution in [0.15, 0.2) is 186 Å². The van der Waals surface area contributed by atoms with Gasteiger partial charge in [0.1, 0.15) is 11.2 Å². The van der Waals surface area contributed by atoms with Gasteiger partial charge in [0.2, 0.25) is 0 Å². The van der Waals surface area contributed by atoms with Crippen LogP contribution in [-0.2, 0) is 0 Å². The lowest BCUT2D eigenvalue weighted by atomic mass is 9.83. The van der Waals surface area contributed by atoms with Crippen LogP contribution in [0.25, 0.3) is 98.8 Å². The quantitative estimate of drug-likeness (QED) is 0.178. The van der Waals surface area contributed by atoms with Crippen LogP contribution in [0.2, 0.25) is 0 Å². The van der Waals surface area contributed by atoms with Crippen molar-refractivity contribution in [2.45, 2.75) is 0 Å². The molecule has 0 N–H and O–H groups in total. The van der Waals surface area contributed by atoms with Crippen LogP contribution in [0, 0.1) is 0 Å². The molecule has 0 saturated heterocycles. The number of fused-ring (bicyclic) bond motifs is 6. The van der Waals surface area contributed by atoms with Crippen LogP contribution in [-0.4, -0.2) is 0 Å². The van der Waals surface area contributed by atoms with E-state index in [0.29, 0.717) is 0 Å². The van der Waals surface area contributed by atoms with Crippen molar-refractivity contribution in [2.75, 3.05) is 0 Å². The van der Waals surface area contributed by atoms with Crippen LogP contribution in [0.3, 0.4) is 0 Å². The Morgan fingerprint density at radius 1 is 0.265 bits per heavy atom. The fourth-order valence-electron chi connectivity index (χ4n) is 7.92. The van der Waals surface area contributed by atoms with Crippen molar-refractivity contribution in [3.05, 3.63) is 182 Å². The van der Waals surface area contributed by atoms with Gasteiger partial charge in [-0.2, -0.15) is 0 Å². The molecule has 0 fully saturated rings. The molecule has 0 amide bonds. The zero-order valence-electron chi connectivity index (χ0n) is 26.7. The molecule has 0 bridgehead atoms. The zero-order chi connectivity index (χ0) is 32.3. The molecule has 0 aliphatic rings.